The number of para-hydroxylation sites is 2. The van der Waals surface area contributed by atoms with E-state index in [1.807, 2.05) is 24.3 Å². The monoisotopic (exact) mass is 322 g/mol. The molecule has 1 fully saturated rings. The van der Waals surface area contributed by atoms with Gasteiger partial charge in [-0.3, -0.25) is 4.57 Å². The number of nitrogens with zero attached hydrogens (tertiary/aromatic N) is 3. The lowest BCUT2D eigenvalue weighted by atomic mass is 10.1. The van der Waals surface area contributed by atoms with Gasteiger partial charge in [0.25, 0.3) is 0 Å². The maximum Gasteiger partial charge on any atom is 0.319 e. The highest BCUT2D eigenvalue weighted by Crippen LogP contribution is 2.28. The van der Waals surface area contributed by atoms with Crippen LogP contribution >= 0.6 is 0 Å². The molecule has 124 valence electrons. The summed E-state index contributed by atoms with van der Waals surface area (Å²) in [6, 6.07) is 7.78. The standard InChI is InChI=1S/C16H20F2N4O/c17-16(18)22-10-7-19-15(22)11-20-13-3-1-2-4-14(13)21-8-5-12(23)6-9-21/h1-4,7,10,12,16,20,23H,5-6,8-9,11H2. The number of hydrogen-bond acceptors (Lipinski definition) is 4. The quantitative estimate of drug-likeness (QED) is 0.889. The first-order valence-corrected chi connectivity index (χ1v) is 7.71. The summed E-state index contributed by atoms with van der Waals surface area (Å²) in [7, 11) is 0. The third-order valence-electron chi connectivity index (χ3n) is 4.11. The van der Waals surface area contributed by atoms with Crippen LogP contribution in [0.1, 0.15) is 25.2 Å². The Kier molecular flexibility index (Phi) is 4.76. The van der Waals surface area contributed by atoms with Gasteiger partial charge in [0.1, 0.15) is 5.82 Å². The van der Waals surface area contributed by atoms with Gasteiger partial charge in [-0.25, -0.2) is 4.98 Å². The molecule has 0 radical (unpaired) electrons. The first-order chi connectivity index (χ1) is 11.1. The number of aliphatic hydroxyl groups excluding tert-OH is 1. The van der Waals surface area contributed by atoms with Crippen molar-refractivity contribution in [2.24, 2.45) is 0 Å². The first kappa shape index (κ1) is 15.7. The second kappa shape index (κ2) is 6.95. The molecule has 1 aromatic heterocycles. The minimum absolute atomic E-state index is 0.227. The van der Waals surface area contributed by atoms with Gasteiger partial charge in [-0.05, 0) is 25.0 Å². The molecule has 0 amide bonds. The lowest BCUT2D eigenvalue weighted by Gasteiger charge is -2.33. The third-order valence-corrected chi connectivity index (χ3v) is 4.11. The van der Waals surface area contributed by atoms with Gasteiger partial charge in [-0.15, -0.1) is 0 Å². The number of halogens is 2. The summed E-state index contributed by atoms with van der Waals surface area (Å²) in [5, 5.41) is 12.8. The van der Waals surface area contributed by atoms with E-state index in [0.29, 0.717) is 5.82 Å². The lowest BCUT2D eigenvalue weighted by molar-refractivity contribution is 0.0673. The van der Waals surface area contributed by atoms with Gasteiger partial charge < -0.3 is 15.3 Å². The summed E-state index contributed by atoms with van der Waals surface area (Å²) in [6.07, 6.45) is 3.90. The number of piperidine rings is 1. The summed E-state index contributed by atoms with van der Waals surface area (Å²) in [6.45, 7) is -0.796. The fourth-order valence-corrected chi connectivity index (χ4v) is 2.84. The largest absolute Gasteiger partial charge is 0.393 e. The van der Waals surface area contributed by atoms with E-state index < -0.39 is 6.55 Å². The highest BCUT2D eigenvalue weighted by atomic mass is 19.3. The topological polar surface area (TPSA) is 53.3 Å². The lowest BCUT2D eigenvalue weighted by Crippen LogP contribution is -2.36. The minimum atomic E-state index is -2.59. The van der Waals surface area contributed by atoms with Crippen molar-refractivity contribution >= 4 is 11.4 Å². The predicted molar refractivity (Wildman–Crippen MR) is 84.7 cm³/mol. The first-order valence-electron chi connectivity index (χ1n) is 7.71. The number of nitrogens with one attached hydrogen (secondary N) is 1. The molecule has 0 aliphatic carbocycles. The van der Waals surface area contributed by atoms with Gasteiger partial charge in [0, 0.05) is 25.5 Å². The van der Waals surface area contributed by atoms with Gasteiger partial charge in [0.2, 0.25) is 0 Å². The average Bonchev–Trinajstić information content (AvgIpc) is 3.03. The zero-order valence-corrected chi connectivity index (χ0v) is 12.7. The van der Waals surface area contributed by atoms with E-state index in [9.17, 15) is 13.9 Å². The molecule has 3 rings (SSSR count). The van der Waals surface area contributed by atoms with E-state index in [4.69, 9.17) is 0 Å². The van der Waals surface area contributed by atoms with Crippen molar-refractivity contribution in [2.45, 2.75) is 32.0 Å². The van der Waals surface area contributed by atoms with Gasteiger partial charge in [-0.2, -0.15) is 8.78 Å². The SMILES string of the molecule is OC1CCN(c2ccccc2NCc2nccn2C(F)F)CC1. The minimum Gasteiger partial charge on any atom is -0.393 e. The molecule has 0 unspecified atom stereocenters. The molecule has 5 nitrogen and oxygen atoms in total. The Labute approximate surface area is 133 Å². The van der Waals surface area contributed by atoms with E-state index in [1.54, 1.807) is 0 Å². The van der Waals surface area contributed by atoms with Crippen LogP contribution in [0.25, 0.3) is 0 Å². The van der Waals surface area contributed by atoms with Crippen molar-refractivity contribution in [3.63, 3.8) is 0 Å². The number of alkyl halides is 2. The van der Waals surface area contributed by atoms with E-state index >= 15 is 0 Å². The number of benzene rings is 1. The predicted octanol–water partition coefficient (Wildman–Crippen LogP) is 2.85. The Balaban J connectivity index is 1.72. The Hall–Kier alpha value is -2.15. The number of aliphatic hydroxyl groups is 1. The van der Waals surface area contributed by atoms with Crippen LogP contribution in [0, 0.1) is 0 Å². The molecule has 0 spiro atoms. The molecule has 0 bridgehead atoms. The molecular weight excluding hydrogens is 302 g/mol. The zero-order chi connectivity index (χ0) is 16.2. The number of aromatic nitrogens is 2. The number of rotatable bonds is 5. The molecule has 0 atom stereocenters. The van der Waals surface area contributed by atoms with Crippen LogP contribution in [-0.4, -0.2) is 33.9 Å². The molecule has 1 aliphatic heterocycles. The van der Waals surface area contributed by atoms with Crippen LogP contribution in [-0.2, 0) is 6.54 Å². The number of hydrogen-bond donors (Lipinski definition) is 2. The van der Waals surface area contributed by atoms with Crippen LogP contribution in [0.4, 0.5) is 20.2 Å². The van der Waals surface area contributed by atoms with Crippen LogP contribution in [0.3, 0.4) is 0 Å². The molecule has 2 aromatic rings. The molecule has 1 aromatic carbocycles. The zero-order valence-electron chi connectivity index (χ0n) is 12.7. The molecule has 0 saturated carbocycles. The molecular formula is C16H20F2N4O. The Morgan fingerprint density at radius 2 is 2.00 bits per heavy atom. The van der Waals surface area contributed by atoms with Crippen molar-refractivity contribution in [3.8, 4) is 0 Å². The summed E-state index contributed by atoms with van der Waals surface area (Å²) in [5.41, 5.74) is 1.90. The van der Waals surface area contributed by atoms with Gasteiger partial charge in [0.15, 0.2) is 0 Å². The van der Waals surface area contributed by atoms with Gasteiger partial charge >= 0.3 is 6.55 Å². The number of anilines is 2. The highest BCUT2D eigenvalue weighted by Gasteiger charge is 2.19. The van der Waals surface area contributed by atoms with Gasteiger partial charge in [0.05, 0.1) is 24.0 Å². The van der Waals surface area contributed by atoms with Crippen LogP contribution < -0.4 is 10.2 Å². The molecule has 2 heterocycles. The Morgan fingerprint density at radius 1 is 1.26 bits per heavy atom. The summed E-state index contributed by atoms with van der Waals surface area (Å²) < 4.78 is 26.6. The van der Waals surface area contributed by atoms with Gasteiger partial charge in [-0.1, -0.05) is 12.1 Å². The van der Waals surface area contributed by atoms with E-state index in [0.717, 1.165) is 41.9 Å². The van der Waals surface area contributed by atoms with Crippen molar-refractivity contribution in [1.29, 1.82) is 0 Å². The molecule has 23 heavy (non-hydrogen) atoms. The Bertz CT molecular complexity index is 639. The summed E-state index contributed by atoms with van der Waals surface area (Å²) in [4.78, 5) is 6.18. The van der Waals surface area contributed by atoms with E-state index in [-0.39, 0.29) is 12.6 Å². The molecule has 7 heteroatoms. The van der Waals surface area contributed by atoms with Crippen molar-refractivity contribution < 1.29 is 13.9 Å². The van der Waals surface area contributed by atoms with E-state index in [1.165, 1.54) is 12.4 Å². The van der Waals surface area contributed by atoms with Crippen LogP contribution in [0.2, 0.25) is 0 Å². The van der Waals surface area contributed by atoms with Crippen LogP contribution in [0.5, 0.6) is 0 Å². The Morgan fingerprint density at radius 3 is 2.74 bits per heavy atom. The third kappa shape index (κ3) is 3.61. The fourth-order valence-electron chi connectivity index (χ4n) is 2.84. The second-order valence-electron chi connectivity index (χ2n) is 5.62. The molecule has 1 saturated heterocycles. The summed E-state index contributed by atoms with van der Waals surface area (Å²) >= 11 is 0. The van der Waals surface area contributed by atoms with Crippen LogP contribution in [0.15, 0.2) is 36.7 Å². The maximum absolute atomic E-state index is 12.9. The highest BCUT2D eigenvalue weighted by molar-refractivity contribution is 5.70. The number of imidazole rings is 1. The van der Waals surface area contributed by atoms with E-state index in [2.05, 4.69) is 15.2 Å². The average molecular weight is 322 g/mol. The summed E-state index contributed by atoms with van der Waals surface area (Å²) in [5.74, 6) is 0.295. The van der Waals surface area contributed by atoms with Crippen molar-refractivity contribution in [2.75, 3.05) is 23.3 Å². The van der Waals surface area contributed by atoms with Crippen molar-refractivity contribution in [1.82, 2.24) is 9.55 Å². The molecule has 2 N–H and O–H groups in total. The maximum atomic E-state index is 12.9. The fraction of sp³-hybridized carbons (Fsp3) is 0.438. The van der Waals surface area contributed by atoms with Crippen molar-refractivity contribution in [3.05, 3.63) is 42.5 Å². The second-order valence-corrected chi connectivity index (χ2v) is 5.62. The normalized spacial score (nSPS) is 16.1. The smallest absolute Gasteiger partial charge is 0.319 e. The molecule has 1 aliphatic rings.